The number of carboxylic acid groups (broad SMARTS) is 2. The van der Waals surface area contributed by atoms with Gasteiger partial charge in [0.2, 0.25) is 0 Å². The molecule has 0 spiro atoms. The molecule has 2 N–H and O–H groups in total. The lowest BCUT2D eigenvalue weighted by Crippen LogP contribution is -2.03. The van der Waals surface area contributed by atoms with Crippen molar-refractivity contribution in [3.8, 4) is 0 Å². The fourth-order valence-electron chi connectivity index (χ4n) is 3.00. The highest BCUT2D eigenvalue weighted by Gasteiger charge is 2.02. The number of hydrogen-bond donors (Lipinski definition) is 2. The molecule has 0 aliphatic rings. The van der Waals surface area contributed by atoms with E-state index in [2.05, 4.69) is 0 Å². The van der Waals surface area contributed by atoms with E-state index in [0.717, 1.165) is 22.3 Å². The molecule has 6 heteroatoms. The second kappa shape index (κ2) is 17.2. The van der Waals surface area contributed by atoms with E-state index in [0.29, 0.717) is 0 Å². The molecular formula is C33H28O6. The Hall–Kier alpha value is -5.36. The Balaban J connectivity index is 0.000000222. The van der Waals surface area contributed by atoms with Crippen LogP contribution in [-0.4, -0.2) is 33.7 Å². The molecule has 0 radical (unpaired) electrons. The predicted octanol–water partition coefficient (Wildman–Crippen LogP) is 6.71. The van der Waals surface area contributed by atoms with Gasteiger partial charge in [0.05, 0.1) is 0 Å². The maximum atomic E-state index is 11.7. The molecule has 0 saturated carbocycles. The van der Waals surface area contributed by atoms with Crippen molar-refractivity contribution in [3.63, 3.8) is 0 Å². The van der Waals surface area contributed by atoms with Crippen molar-refractivity contribution in [2.45, 2.75) is 6.42 Å². The zero-order valence-electron chi connectivity index (χ0n) is 21.1. The Morgan fingerprint density at radius 3 is 1.00 bits per heavy atom. The molecule has 4 aromatic carbocycles. The fourth-order valence-corrected chi connectivity index (χ4v) is 3.00. The van der Waals surface area contributed by atoms with Crippen molar-refractivity contribution in [3.05, 3.63) is 156 Å². The van der Waals surface area contributed by atoms with Crippen molar-refractivity contribution < 1.29 is 29.4 Å². The summed E-state index contributed by atoms with van der Waals surface area (Å²) in [5.41, 5.74) is 3.50. The van der Waals surface area contributed by atoms with E-state index in [1.54, 1.807) is 12.2 Å². The van der Waals surface area contributed by atoms with Crippen LogP contribution in [0.4, 0.5) is 0 Å². The number of rotatable bonds is 8. The second-order valence-electron chi connectivity index (χ2n) is 7.91. The molecule has 0 bridgehead atoms. The Morgan fingerprint density at radius 2 is 0.744 bits per heavy atom. The molecule has 4 aromatic rings. The largest absolute Gasteiger partial charge is 0.481 e. The molecule has 6 nitrogen and oxygen atoms in total. The van der Waals surface area contributed by atoms with Crippen LogP contribution in [0.15, 0.2) is 133 Å². The van der Waals surface area contributed by atoms with Gasteiger partial charge in [-0.25, -0.2) is 0 Å². The highest BCUT2D eigenvalue weighted by Crippen LogP contribution is 2.06. The van der Waals surface area contributed by atoms with Crippen LogP contribution in [0, 0.1) is 0 Å². The lowest BCUT2D eigenvalue weighted by atomic mass is 10.1. The summed E-state index contributed by atoms with van der Waals surface area (Å²) in [7, 11) is 0. The van der Waals surface area contributed by atoms with Crippen LogP contribution >= 0.6 is 0 Å². The van der Waals surface area contributed by atoms with Crippen LogP contribution in [0.2, 0.25) is 0 Å². The minimum atomic E-state index is -1.31. The van der Waals surface area contributed by atoms with Crippen molar-refractivity contribution >= 4 is 35.7 Å². The third-order valence-corrected chi connectivity index (χ3v) is 4.87. The Kier molecular flexibility index (Phi) is 13.1. The molecule has 0 fully saturated rings. The lowest BCUT2D eigenvalue weighted by Gasteiger charge is -1.94. The van der Waals surface area contributed by atoms with Crippen LogP contribution in [0.1, 0.15) is 38.3 Å². The van der Waals surface area contributed by atoms with Crippen molar-refractivity contribution in [1.82, 2.24) is 0 Å². The molecule has 0 heterocycles. The van der Waals surface area contributed by atoms with Crippen LogP contribution < -0.4 is 0 Å². The van der Waals surface area contributed by atoms with E-state index >= 15 is 0 Å². The van der Waals surface area contributed by atoms with E-state index in [1.165, 1.54) is 0 Å². The highest BCUT2D eigenvalue weighted by molar-refractivity contribution is 6.07. The number of benzene rings is 4. The van der Waals surface area contributed by atoms with Gasteiger partial charge in [-0.15, -0.1) is 0 Å². The monoisotopic (exact) mass is 520 g/mol. The minimum absolute atomic E-state index is 0.0319. The van der Waals surface area contributed by atoms with Gasteiger partial charge < -0.3 is 10.2 Å². The molecule has 196 valence electrons. The topological polar surface area (TPSA) is 109 Å². The Bertz CT molecular complexity index is 1270. The van der Waals surface area contributed by atoms with Gasteiger partial charge in [-0.2, -0.15) is 0 Å². The summed E-state index contributed by atoms with van der Waals surface area (Å²) >= 11 is 0. The number of ketones is 2. The molecular weight excluding hydrogens is 492 g/mol. The van der Waals surface area contributed by atoms with Gasteiger partial charge in [0, 0.05) is 11.1 Å². The average molecular weight is 521 g/mol. The predicted molar refractivity (Wildman–Crippen MR) is 152 cm³/mol. The van der Waals surface area contributed by atoms with Gasteiger partial charge in [0.25, 0.3) is 0 Å². The molecule has 0 amide bonds. The lowest BCUT2D eigenvalue weighted by molar-refractivity contribution is -0.147. The van der Waals surface area contributed by atoms with E-state index < -0.39 is 18.4 Å². The standard InChI is InChI=1S/2C15H12O.C3H4O4/c2*16-15(14-9-5-2-6-10-14)12-11-13-7-3-1-4-8-13;4-2(5)1-3(6)7/h2*1-12H;1H2,(H,4,5)(H,6,7)/b2*12-11+;. The SMILES string of the molecule is O=C(/C=C/c1ccccc1)c1ccccc1.O=C(/C=C/c1ccccc1)c1ccccc1.O=C(O)CC(=O)O. The first-order valence-corrected chi connectivity index (χ1v) is 11.9. The first kappa shape index (κ1) is 29.9. The quantitative estimate of drug-likeness (QED) is 0.152. The molecule has 0 aliphatic heterocycles. The number of aliphatic carboxylic acids is 2. The van der Waals surface area contributed by atoms with Gasteiger partial charge >= 0.3 is 11.9 Å². The van der Waals surface area contributed by atoms with E-state index in [-0.39, 0.29) is 11.6 Å². The Morgan fingerprint density at radius 1 is 0.462 bits per heavy atom. The van der Waals surface area contributed by atoms with Crippen molar-refractivity contribution in [2.24, 2.45) is 0 Å². The normalized spacial score (nSPS) is 10.1. The number of carbonyl (C=O) groups is 4. The molecule has 0 aliphatic carbocycles. The van der Waals surface area contributed by atoms with Gasteiger partial charge in [0.1, 0.15) is 6.42 Å². The summed E-state index contributed by atoms with van der Waals surface area (Å²) in [5, 5.41) is 15.4. The third kappa shape index (κ3) is 13.0. The first-order valence-electron chi connectivity index (χ1n) is 11.9. The summed E-state index contributed by atoms with van der Waals surface area (Å²) in [6.45, 7) is 0. The zero-order chi connectivity index (χ0) is 28.3. The summed E-state index contributed by atoms with van der Waals surface area (Å²) in [5.74, 6) is -2.56. The first-order chi connectivity index (χ1) is 18.8. The molecule has 39 heavy (non-hydrogen) atoms. The van der Waals surface area contributed by atoms with Crippen LogP contribution in [-0.2, 0) is 9.59 Å². The van der Waals surface area contributed by atoms with E-state index in [1.807, 2.05) is 133 Å². The van der Waals surface area contributed by atoms with Crippen LogP contribution in [0.3, 0.4) is 0 Å². The highest BCUT2D eigenvalue weighted by atomic mass is 16.4. The van der Waals surface area contributed by atoms with Gasteiger partial charge in [-0.3, -0.25) is 19.2 Å². The molecule has 0 unspecified atom stereocenters. The summed E-state index contributed by atoms with van der Waals surface area (Å²) < 4.78 is 0. The van der Waals surface area contributed by atoms with Gasteiger partial charge in [-0.1, -0.05) is 133 Å². The maximum Gasteiger partial charge on any atom is 0.314 e. The van der Waals surface area contributed by atoms with E-state index in [4.69, 9.17) is 10.2 Å². The smallest absolute Gasteiger partial charge is 0.314 e. The van der Waals surface area contributed by atoms with Crippen LogP contribution in [0.5, 0.6) is 0 Å². The molecule has 0 aromatic heterocycles. The number of allylic oxidation sites excluding steroid dienone is 2. The molecule has 0 saturated heterocycles. The van der Waals surface area contributed by atoms with Gasteiger partial charge in [-0.05, 0) is 23.3 Å². The molecule has 0 atom stereocenters. The van der Waals surface area contributed by atoms with Crippen molar-refractivity contribution in [1.29, 1.82) is 0 Å². The van der Waals surface area contributed by atoms with Crippen LogP contribution in [0.25, 0.3) is 12.2 Å². The minimum Gasteiger partial charge on any atom is -0.481 e. The number of carboxylic acids is 2. The molecule has 4 rings (SSSR count). The number of hydrogen-bond acceptors (Lipinski definition) is 4. The average Bonchev–Trinajstić information content (AvgIpc) is 2.96. The number of carbonyl (C=O) groups excluding carboxylic acids is 2. The summed E-state index contributed by atoms with van der Waals surface area (Å²) in [6, 6.07) is 38.1. The maximum absolute atomic E-state index is 11.7. The summed E-state index contributed by atoms with van der Waals surface area (Å²) in [4.78, 5) is 42.3. The second-order valence-corrected chi connectivity index (χ2v) is 7.91. The van der Waals surface area contributed by atoms with Crippen molar-refractivity contribution in [2.75, 3.05) is 0 Å². The van der Waals surface area contributed by atoms with E-state index in [9.17, 15) is 19.2 Å². The third-order valence-electron chi connectivity index (χ3n) is 4.87. The zero-order valence-corrected chi connectivity index (χ0v) is 21.1. The fraction of sp³-hybridized carbons (Fsp3) is 0.0303. The Labute approximate surface area is 227 Å². The van der Waals surface area contributed by atoms with Gasteiger partial charge in [0.15, 0.2) is 11.6 Å². The summed E-state index contributed by atoms with van der Waals surface area (Å²) in [6.07, 6.45) is 6.06.